The molecule has 0 aromatic heterocycles. The van der Waals surface area contributed by atoms with Crippen LogP contribution >= 0.6 is 0 Å². The number of carbonyl (C=O) groups is 1. The van der Waals surface area contributed by atoms with Crippen LogP contribution in [0.5, 0.6) is 0 Å². The van der Waals surface area contributed by atoms with Gasteiger partial charge >= 0.3 is 0 Å². The monoisotopic (exact) mass is 380 g/mol. The number of rotatable bonds is 6. The minimum Gasteiger partial charge on any atom is -0.353 e. The second-order valence-corrected chi connectivity index (χ2v) is 9.80. The van der Waals surface area contributed by atoms with E-state index >= 15 is 0 Å². The molecule has 1 N–H and O–H groups in total. The van der Waals surface area contributed by atoms with Gasteiger partial charge in [0.1, 0.15) is 5.82 Å². The fraction of sp³-hybridized carbons (Fsp3) is 0.632. The molecule has 26 heavy (non-hydrogen) atoms. The number of sulfonamides is 1. The van der Waals surface area contributed by atoms with Gasteiger partial charge in [0.05, 0.1) is 10.8 Å². The van der Waals surface area contributed by atoms with Crippen LogP contribution in [0.4, 0.5) is 4.39 Å². The molecule has 3 fully saturated rings. The summed E-state index contributed by atoms with van der Waals surface area (Å²) in [6, 6.07) is 5.15. The van der Waals surface area contributed by atoms with Crippen molar-refractivity contribution in [2.75, 3.05) is 13.1 Å². The van der Waals surface area contributed by atoms with Gasteiger partial charge in [-0.1, -0.05) is 0 Å². The van der Waals surface area contributed by atoms with Gasteiger partial charge in [0.25, 0.3) is 0 Å². The SMILES string of the molecule is O=C(NC(C1CC1)C1CC1)[C@H]1CCCN(S(=O)(=O)c2ccc(F)cc2)C1. The van der Waals surface area contributed by atoms with Crippen LogP contribution in [0.2, 0.25) is 0 Å². The highest BCUT2D eigenvalue weighted by Crippen LogP contribution is 2.44. The van der Waals surface area contributed by atoms with Crippen LogP contribution in [0, 0.1) is 23.6 Å². The van der Waals surface area contributed by atoms with Gasteiger partial charge in [0, 0.05) is 19.1 Å². The van der Waals surface area contributed by atoms with Crippen molar-refractivity contribution < 1.29 is 17.6 Å². The first-order valence-corrected chi connectivity index (χ1v) is 11.0. The molecular weight excluding hydrogens is 355 g/mol. The van der Waals surface area contributed by atoms with Crippen LogP contribution in [0.25, 0.3) is 0 Å². The predicted molar refractivity (Wildman–Crippen MR) is 95.3 cm³/mol. The molecule has 1 aromatic rings. The standard InChI is InChI=1S/C19H25FN2O3S/c20-16-7-9-17(10-8-16)26(24,25)22-11-1-2-15(12-22)19(23)21-18(13-3-4-13)14-5-6-14/h7-10,13-15,18H,1-6,11-12H2,(H,21,23)/t15-/m0/s1. The molecule has 2 aliphatic carbocycles. The zero-order chi connectivity index (χ0) is 18.3. The molecule has 0 bridgehead atoms. The third kappa shape index (κ3) is 3.78. The summed E-state index contributed by atoms with van der Waals surface area (Å²) in [5, 5.41) is 3.22. The summed E-state index contributed by atoms with van der Waals surface area (Å²) in [6.45, 7) is 0.603. The summed E-state index contributed by atoms with van der Waals surface area (Å²) in [5.74, 6) is 0.459. The lowest BCUT2D eigenvalue weighted by molar-refractivity contribution is -0.127. The maximum absolute atomic E-state index is 13.1. The second kappa shape index (κ2) is 6.93. The molecule has 1 heterocycles. The lowest BCUT2D eigenvalue weighted by Crippen LogP contribution is -2.48. The first-order valence-electron chi connectivity index (χ1n) is 9.51. The minimum absolute atomic E-state index is 0.00666. The normalized spacial score (nSPS) is 24.6. The molecular formula is C19H25FN2O3S. The number of hydrogen-bond acceptors (Lipinski definition) is 3. The van der Waals surface area contributed by atoms with Gasteiger partial charge in [-0.05, 0) is 74.6 Å². The minimum atomic E-state index is -3.70. The predicted octanol–water partition coefficient (Wildman–Crippen LogP) is 2.53. The van der Waals surface area contributed by atoms with Gasteiger partial charge in [-0.15, -0.1) is 0 Å². The Labute approximate surface area is 154 Å². The molecule has 1 saturated heterocycles. The van der Waals surface area contributed by atoms with Crippen molar-refractivity contribution in [3.8, 4) is 0 Å². The average Bonchev–Trinajstić information content (AvgIpc) is 3.54. The fourth-order valence-electron chi connectivity index (χ4n) is 3.94. The van der Waals surface area contributed by atoms with Gasteiger partial charge < -0.3 is 5.32 Å². The number of carbonyl (C=O) groups excluding carboxylic acids is 1. The van der Waals surface area contributed by atoms with E-state index in [-0.39, 0.29) is 29.3 Å². The van der Waals surface area contributed by atoms with Crippen LogP contribution in [-0.4, -0.2) is 37.8 Å². The third-order valence-electron chi connectivity index (χ3n) is 5.78. The number of halogens is 1. The maximum Gasteiger partial charge on any atom is 0.243 e. The van der Waals surface area contributed by atoms with Crippen molar-refractivity contribution >= 4 is 15.9 Å². The van der Waals surface area contributed by atoms with Crippen molar-refractivity contribution in [1.82, 2.24) is 9.62 Å². The molecule has 1 amide bonds. The first-order chi connectivity index (χ1) is 12.4. The topological polar surface area (TPSA) is 66.5 Å². The Kier molecular flexibility index (Phi) is 4.77. The molecule has 3 aliphatic rings. The zero-order valence-electron chi connectivity index (χ0n) is 14.7. The van der Waals surface area contributed by atoms with Crippen LogP contribution in [-0.2, 0) is 14.8 Å². The molecule has 0 unspecified atom stereocenters. The van der Waals surface area contributed by atoms with Crippen LogP contribution in [0.15, 0.2) is 29.2 Å². The van der Waals surface area contributed by atoms with E-state index in [1.807, 2.05) is 0 Å². The van der Waals surface area contributed by atoms with Crippen molar-refractivity contribution in [2.45, 2.75) is 49.5 Å². The van der Waals surface area contributed by atoms with E-state index in [0.717, 1.165) is 12.1 Å². The number of amides is 1. The van der Waals surface area contributed by atoms with E-state index in [0.29, 0.717) is 31.2 Å². The molecule has 4 rings (SSSR count). The Bertz CT molecular complexity index is 760. The van der Waals surface area contributed by atoms with Crippen molar-refractivity contribution in [3.05, 3.63) is 30.1 Å². The van der Waals surface area contributed by atoms with E-state index in [2.05, 4.69) is 5.32 Å². The Morgan fingerprint density at radius 2 is 1.69 bits per heavy atom. The molecule has 7 heteroatoms. The highest BCUT2D eigenvalue weighted by Gasteiger charge is 2.43. The molecule has 1 aromatic carbocycles. The summed E-state index contributed by atoms with van der Waals surface area (Å²) >= 11 is 0. The Morgan fingerprint density at radius 3 is 2.27 bits per heavy atom. The molecule has 1 atom stereocenters. The van der Waals surface area contributed by atoms with Crippen molar-refractivity contribution in [1.29, 1.82) is 0 Å². The highest BCUT2D eigenvalue weighted by molar-refractivity contribution is 7.89. The number of piperidine rings is 1. The summed E-state index contributed by atoms with van der Waals surface area (Å²) in [7, 11) is -3.70. The van der Waals surface area contributed by atoms with E-state index < -0.39 is 15.8 Å². The van der Waals surface area contributed by atoms with Crippen molar-refractivity contribution in [3.63, 3.8) is 0 Å². The number of benzene rings is 1. The quantitative estimate of drug-likeness (QED) is 0.825. The summed E-state index contributed by atoms with van der Waals surface area (Å²) < 4.78 is 40.1. The lowest BCUT2D eigenvalue weighted by atomic mass is 9.97. The first kappa shape index (κ1) is 17.9. The van der Waals surface area contributed by atoms with Gasteiger partial charge in [0.2, 0.25) is 15.9 Å². The van der Waals surface area contributed by atoms with Gasteiger partial charge in [-0.2, -0.15) is 4.31 Å². The number of hydrogen-bond donors (Lipinski definition) is 1. The van der Waals surface area contributed by atoms with Gasteiger partial charge in [0.15, 0.2) is 0 Å². The van der Waals surface area contributed by atoms with Crippen LogP contribution < -0.4 is 5.32 Å². The summed E-state index contributed by atoms with van der Waals surface area (Å²) in [4.78, 5) is 12.8. The molecule has 5 nitrogen and oxygen atoms in total. The Balaban J connectivity index is 1.43. The number of nitrogens with zero attached hydrogens (tertiary/aromatic N) is 1. The highest BCUT2D eigenvalue weighted by atomic mass is 32.2. The number of nitrogens with one attached hydrogen (secondary N) is 1. The van der Waals surface area contributed by atoms with Crippen molar-refractivity contribution in [2.24, 2.45) is 17.8 Å². The zero-order valence-corrected chi connectivity index (χ0v) is 15.6. The average molecular weight is 380 g/mol. The van der Waals surface area contributed by atoms with E-state index in [1.54, 1.807) is 0 Å². The Hall–Kier alpha value is -1.47. The molecule has 2 saturated carbocycles. The third-order valence-corrected chi connectivity index (χ3v) is 7.65. The molecule has 1 aliphatic heterocycles. The fourth-order valence-corrected chi connectivity index (χ4v) is 5.47. The lowest BCUT2D eigenvalue weighted by Gasteiger charge is -2.32. The maximum atomic E-state index is 13.1. The van der Waals surface area contributed by atoms with E-state index in [1.165, 1.54) is 42.1 Å². The van der Waals surface area contributed by atoms with E-state index in [4.69, 9.17) is 0 Å². The molecule has 0 radical (unpaired) electrons. The van der Waals surface area contributed by atoms with Gasteiger partial charge in [-0.25, -0.2) is 12.8 Å². The summed E-state index contributed by atoms with van der Waals surface area (Å²) in [5.41, 5.74) is 0. The smallest absolute Gasteiger partial charge is 0.243 e. The van der Waals surface area contributed by atoms with Crippen LogP contribution in [0.3, 0.4) is 0 Å². The Morgan fingerprint density at radius 1 is 1.08 bits per heavy atom. The summed E-state index contributed by atoms with van der Waals surface area (Å²) in [6.07, 6.45) is 6.14. The second-order valence-electron chi connectivity index (χ2n) is 7.87. The molecule has 0 spiro atoms. The van der Waals surface area contributed by atoms with Crippen LogP contribution in [0.1, 0.15) is 38.5 Å². The largest absolute Gasteiger partial charge is 0.353 e. The van der Waals surface area contributed by atoms with Gasteiger partial charge in [-0.3, -0.25) is 4.79 Å². The molecule has 142 valence electrons. The van der Waals surface area contributed by atoms with E-state index in [9.17, 15) is 17.6 Å².